The molecule has 3 nitrogen and oxygen atoms in total. The van der Waals surface area contributed by atoms with Gasteiger partial charge in [-0.2, -0.15) is 0 Å². The van der Waals surface area contributed by atoms with E-state index in [9.17, 15) is 9.59 Å². The summed E-state index contributed by atoms with van der Waals surface area (Å²) in [6, 6.07) is 5.69. The number of aryl methyl sites for hydroxylation is 1. The van der Waals surface area contributed by atoms with Gasteiger partial charge < -0.3 is 0 Å². The van der Waals surface area contributed by atoms with Crippen molar-refractivity contribution in [2.24, 2.45) is 5.41 Å². The first-order chi connectivity index (χ1) is 10.0. The Labute approximate surface area is 133 Å². The minimum absolute atomic E-state index is 0.0187. The first-order valence-corrected chi connectivity index (χ1v) is 8.46. The van der Waals surface area contributed by atoms with Crippen molar-refractivity contribution in [3.05, 3.63) is 28.2 Å². The van der Waals surface area contributed by atoms with E-state index in [4.69, 9.17) is 0 Å². The Kier molecular flexibility index (Phi) is 3.91. The van der Waals surface area contributed by atoms with Gasteiger partial charge in [0, 0.05) is 10.9 Å². The number of anilines is 1. The third kappa shape index (κ3) is 2.54. The van der Waals surface area contributed by atoms with Gasteiger partial charge in [-0.05, 0) is 37.5 Å². The van der Waals surface area contributed by atoms with E-state index in [0.717, 1.165) is 35.7 Å². The van der Waals surface area contributed by atoms with Crippen LogP contribution >= 0.6 is 15.9 Å². The highest BCUT2D eigenvalue weighted by molar-refractivity contribution is 9.10. The molecular formula is C17H20BrNO2. The van der Waals surface area contributed by atoms with E-state index in [1.807, 2.05) is 25.1 Å². The van der Waals surface area contributed by atoms with Crippen molar-refractivity contribution >= 4 is 33.4 Å². The molecule has 1 saturated carbocycles. The number of halogens is 1. The van der Waals surface area contributed by atoms with Crippen molar-refractivity contribution in [2.45, 2.75) is 51.9 Å². The molecule has 1 aliphatic carbocycles. The average molecular weight is 350 g/mol. The van der Waals surface area contributed by atoms with Crippen LogP contribution in [0.25, 0.3) is 0 Å². The summed E-state index contributed by atoms with van der Waals surface area (Å²) >= 11 is 3.48. The van der Waals surface area contributed by atoms with Gasteiger partial charge in [0.25, 0.3) is 0 Å². The molecule has 0 radical (unpaired) electrons. The quantitative estimate of drug-likeness (QED) is 0.706. The molecule has 0 atom stereocenters. The Bertz CT molecular complexity index is 588. The number of nitrogens with zero attached hydrogens (tertiary/aromatic N) is 1. The topological polar surface area (TPSA) is 37.4 Å². The molecule has 0 unspecified atom stereocenters. The number of carbonyl (C=O) groups is 2. The standard InChI is InChI=1S/C17H20BrNO2/c1-12-6-7-13(10-14(12)18)19-15(20)11-17(16(19)21)8-4-2-3-5-9-17/h6-7,10H,2-5,8-9,11H2,1H3. The van der Waals surface area contributed by atoms with Gasteiger partial charge in [0.1, 0.15) is 0 Å². The molecule has 1 aliphatic heterocycles. The van der Waals surface area contributed by atoms with Crippen molar-refractivity contribution in [3.63, 3.8) is 0 Å². The number of imide groups is 1. The van der Waals surface area contributed by atoms with E-state index < -0.39 is 5.41 Å². The second-order valence-electron chi connectivity index (χ2n) is 6.34. The number of hydrogen-bond acceptors (Lipinski definition) is 2. The van der Waals surface area contributed by atoms with Crippen LogP contribution in [0.4, 0.5) is 5.69 Å². The Balaban J connectivity index is 1.94. The SMILES string of the molecule is Cc1ccc(N2C(=O)CC3(CCCCCC3)C2=O)cc1Br. The zero-order valence-corrected chi connectivity index (χ0v) is 13.9. The molecule has 4 heteroatoms. The van der Waals surface area contributed by atoms with E-state index in [1.54, 1.807) is 0 Å². The molecule has 0 N–H and O–H groups in total. The Morgan fingerprint density at radius 3 is 2.38 bits per heavy atom. The second-order valence-corrected chi connectivity index (χ2v) is 7.19. The molecule has 2 amide bonds. The molecule has 2 fully saturated rings. The van der Waals surface area contributed by atoms with Gasteiger partial charge in [0.05, 0.1) is 11.1 Å². The fourth-order valence-corrected chi connectivity index (χ4v) is 3.94. The molecule has 3 rings (SSSR count). The molecule has 112 valence electrons. The molecule has 1 aromatic carbocycles. The van der Waals surface area contributed by atoms with E-state index >= 15 is 0 Å². The highest BCUT2D eigenvalue weighted by Gasteiger charge is 2.51. The van der Waals surface area contributed by atoms with E-state index in [1.165, 1.54) is 17.7 Å². The van der Waals surface area contributed by atoms with Crippen molar-refractivity contribution in [1.29, 1.82) is 0 Å². The number of carbonyl (C=O) groups excluding carboxylic acids is 2. The maximum absolute atomic E-state index is 12.9. The second kappa shape index (κ2) is 5.56. The largest absolute Gasteiger partial charge is 0.274 e. The average Bonchev–Trinajstić information content (AvgIpc) is 2.61. The van der Waals surface area contributed by atoms with Crippen LogP contribution in [0.5, 0.6) is 0 Å². The first-order valence-electron chi connectivity index (χ1n) is 7.67. The normalized spacial score (nSPS) is 21.9. The molecule has 2 aliphatic rings. The number of amides is 2. The summed E-state index contributed by atoms with van der Waals surface area (Å²) in [4.78, 5) is 26.8. The number of rotatable bonds is 1. The van der Waals surface area contributed by atoms with Crippen molar-refractivity contribution in [2.75, 3.05) is 4.90 Å². The van der Waals surface area contributed by atoms with Gasteiger partial charge in [0.15, 0.2) is 0 Å². The predicted molar refractivity (Wildman–Crippen MR) is 86.1 cm³/mol. The molecule has 0 bridgehead atoms. The number of benzene rings is 1. The highest BCUT2D eigenvalue weighted by Crippen LogP contribution is 2.45. The molecule has 21 heavy (non-hydrogen) atoms. The molecular weight excluding hydrogens is 330 g/mol. The number of hydrogen-bond donors (Lipinski definition) is 0. The van der Waals surface area contributed by atoms with Crippen molar-refractivity contribution in [3.8, 4) is 0 Å². The zero-order valence-electron chi connectivity index (χ0n) is 12.3. The van der Waals surface area contributed by atoms with Crippen LogP contribution in [0.1, 0.15) is 50.5 Å². The minimum Gasteiger partial charge on any atom is -0.274 e. The Morgan fingerprint density at radius 2 is 1.76 bits per heavy atom. The van der Waals surface area contributed by atoms with Gasteiger partial charge in [-0.1, -0.05) is 47.7 Å². The third-order valence-electron chi connectivity index (χ3n) is 4.87. The van der Waals surface area contributed by atoms with Crippen molar-refractivity contribution in [1.82, 2.24) is 0 Å². The molecule has 0 aromatic heterocycles. The van der Waals surface area contributed by atoms with Gasteiger partial charge in [0.2, 0.25) is 11.8 Å². The molecule has 1 heterocycles. The predicted octanol–water partition coefficient (Wildman–Crippen LogP) is 4.36. The van der Waals surface area contributed by atoms with E-state index in [0.29, 0.717) is 12.1 Å². The highest BCUT2D eigenvalue weighted by atomic mass is 79.9. The lowest BCUT2D eigenvalue weighted by molar-refractivity contribution is -0.126. The van der Waals surface area contributed by atoms with Crippen LogP contribution in [0.15, 0.2) is 22.7 Å². The summed E-state index contributed by atoms with van der Waals surface area (Å²) in [7, 11) is 0. The smallest absolute Gasteiger partial charge is 0.240 e. The van der Waals surface area contributed by atoms with Gasteiger partial charge in [-0.3, -0.25) is 14.5 Å². The fourth-order valence-electron chi connectivity index (χ4n) is 3.57. The van der Waals surface area contributed by atoms with Crippen LogP contribution in [0.2, 0.25) is 0 Å². The Morgan fingerprint density at radius 1 is 1.10 bits per heavy atom. The fraction of sp³-hybridized carbons (Fsp3) is 0.529. The van der Waals surface area contributed by atoms with E-state index in [2.05, 4.69) is 15.9 Å². The van der Waals surface area contributed by atoms with Crippen LogP contribution < -0.4 is 4.90 Å². The van der Waals surface area contributed by atoms with Crippen LogP contribution in [0.3, 0.4) is 0 Å². The van der Waals surface area contributed by atoms with Crippen LogP contribution in [-0.2, 0) is 9.59 Å². The molecule has 1 aromatic rings. The summed E-state index contributed by atoms with van der Waals surface area (Å²) < 4.78 is 0.933. The summed E-state index contributed by atoms with van der Waals surface area (Å²) in [5.41, 5.74) is 1.37. The maximum Gasteiger partial charge on any atom is 0.240 e. The first kappa shape index (κ1) is 14.8. The summed E-state index contributed by atoms with van der Waals surface area (Å²) in [6.45, 7) is 1.99. The third-order valence-corrected chi connectivity index (χ3v) is 5.72. The van der Waals surface area contributed by atoms with Crippen molar-refractivity contribution < 1.29 is 9.59 Å². The van der Waals surface area contributed by atoms with Crippen LogP contribution in [-0.4, -0.2) is 11.8 Å². The lowest BCUT2D eigenvalue weighted by Crippen LogP contribution is -2.35. The van der Waals surface area contributed by atoms with E-state index in [-0.39, 0.29) is 11.8 Å². The lowest BCUT2D eigenvalue weighted by Gasteiger charge is -2.25. The monoisotopic (exact) mass is 349 g/mol. The summed E-state index contributed by atoms with van der Waals surface area (Å²) in [5.74, 6) is -0.0252. The summed E-state index contributed by atoms with van der Waals surface area (Å²) in [5, 5.41) is 0. The van der Waals surface area contributed by atoms with Gasteiger partial charge in [-0.25, -0.2) is 0 Å². The zero-order chi connectivity index (χ0) is 15.0. The molecule has 1 saturated heterocycles. The van der Waals surface area contributed by atoms with Crippen LogP contribution in [0, 0.1) is 12.3 Å². The maximum atomic E-state index is 12.9. The Hall–Kier alpha value is -1.16. The molecule has 1 spiro atoms. The van der Waals surface area contributed by atoms with Gasteiger partial charge >= 0.3 is 0 Å². The van der Waals surface area contributed by atoms with Gasteiger partial charge in [-0.15, -0.1) is 0 Å². The lowest BCUT2D eigenvalue weighted by atomic mass is 9.79. The minimum atomic E-state index is -0.426. The summed E-state index contributed by atoms with van der Waals surface area (Å²) in [6.07, 6.45) is 6.59.